The summed E-state index contributed by atoms with van der Waals surface area (Å²) in [6.45, 7) is 3.72. The minimum absolute atomic E-state index is 0.172. The van der Waals surface area contributed by atoms with Crippen molar-refractivity contribution >= 4 is 17.8 Å². The van der Waals surface area contributed by atoms with Gasteiger partial charge in [-0.15, -0.1) is 0 Å². The van der Waals surface area contributed by atoms with Crippen molar-refractivity contribution in [1.82, 2.24) is 0 Å². The van der Waals surface area contributed by atoms with Crippen LogP contribution in [0, 0.1) is 6.92 Å². The molecule has 0 fully saturated rings. The minimum Gasteiger partial charge on any atom is -0.452 e. The van der Waals surface area contributed by atoms with Crippen molar-refractivity contribution < 1.29 is 19.1 Å². The second-order valence-corrected chi connectivity index (χ2v) is 5.34. The van der Waals surface area contributed by atoms with Crippen molar-refractivity contribution in [2.24, 2.45) is 0 Å². The van der Waals surface area contributed by atoms with Crippen LogP contribution in [-0.2, 0) is 4.79 Å². The first-order chi connectivity index (χ1) is 11.1. The van der Waals surface area contributed by atoms with Gasteiger partial charge in [0.1, 0.15) is 11.5 Å². The van der Waals surface area contributed by atoms with E-state index in [-0.39, 0.29) is 23.9 Å². The largest absolute Gasteiger partial charge is 0.452 e. The van der Waals surface area contributed by atoms with E-state index in [0.29, 0.717) is 17.1 Å². The highest BCUT2D eigenvalue weighted by molar-refractivity contribution is 6.14. The van der Waals surface area contributed by atoms with Crippen LogP contribution in [0.4, 0.5) is 0 Å². The molecule has 0 atom stereocenters. The van der Waals surface area contributed by atoms with Gasteiger partial charge >= 0.3 is 5.97 Å². The molecule has 0 saturated carbocycles. The summed E-state index contributed by atoms with van der Waals surface area (Å²) in [5.41, 5.74) is 2.51. The number of hydrogen-bond donors (Lipinski definition) is 0. The summed E-state index contributed by atoms with van der Waals surface area (Å²) in [6.07, 6.45) is 1.99. The van der Waals surface area contributed by atoms with Gasteiger partial charge < -0.3 is 9.47 Å². The Morgan fingerprint density at radius 2 is 1.91 bits per heavy atom. The van der Waals surface area contributed by atoms with Crippen LogP contribution in [0.15, 0.2) is 48.2 Å². The first kappa shape index (κ1) is 15.0. The number of hydrogen-bond acceptors (Lipinski definition) is 4. The second kappa shape index (κ2) is 6.08. The predicted molar refractivity (Wildman–Crippen MR) is 86.5 cm³/mol. The maximum atomic E-state index is 12.4. The smallest absolute Gasteiger partial charge is 0.310 e. The van der Waals surface area contributed by atoms with Gasteiger partial charge in [-0.05, 0) is 30.7 Å². The fourth-order valence-electron chi connectivity index (χ4n) is 2.25. The molecule has 4 nitrogen and oxygen atoms in total. The number of ether oxygens (including phenoxy) is 2. The Balaban J connectivity index is 1.86. The van der Waals surface area contributed by atoms with Crippen LogP contribution in [0.3, 0.4) is 0 Å². The first-order valence-corrected chi connectivity index (χ1v) is 7.42. The highest BCUT2D eigenvalue weighted by atomic mass is 16.5. The summed E-state index contributed by atoms with van der Waals surface area (Å²) in [4.78, 5) is 23.7. The Hall–Kier alpha value is -2.88. The van der Waals surface area contributed by atoms with Crippen LogP contribution >= 0.6 is 0 Å². The summed E-state index contributed by atoms with van der Waals surface area (Å²) in [7, 11) is 0. The Morgan fingerprint density at radius 3 is 2.61 bits per heavy atom. The third-order valence-corrected chi connectivity index (χ3v) is 3.54. The van der Waals surface area contributed by atoms with E-state index in [4.69, 9.17) is 9.47 Å². The molecular formula is C19H16O4. The molecule has 2 aromatic carbocycles. The molecule has 0 N–H and O–H groups in total. The van der Waals surface area contributed by atoms with Gasteiger partial charge in [-0.1, -0.05) is 36.8 Å². The lowest BCUT2D eigenvalue weighted by Crippen LogP contribution is -2.05. The molecule has 3 rings (SSSR count). The molecule has 0 aromatic heterocycles. The average Bonchev–Trinajstić information content (AvgIpc) is 2.85. The van der Waals surface area contributed by atoms with E-state index in [1.54, 1.807) is 31.2 Å². The van der Waals surface area contributed by atoms with Gasteiger partial charge in [0.05, 0.1) is 5.56 Å². The quantitative estimate of drug-likeness (QED) is 0.490. The van der Waals surface area contributed by atoms with Crippen molar-refractivity contribution in [3.05, 3.63) is 64.9 Å². The Labute approximate surface area is 134 Å². The minimum atomic E-state index is -0.329. The van der Waals surface area contributed by atoms with Gasteiger partial charge in [-0.25, -0.2) is 0 Å². The molecule has 1 aliphatic rings. The van der Waals surface area contributed by atoms with E-state index < -0.39 is 0 Å². The van der Waals surface area contributed by atoms with Crippen LogP contribution in [-0.4, -0.2) is 11.8 Å². The van der Waals surface area contributed by atoms with E-state index in [1.807, 2.05) is 31.2 Å². The Morgan fingerprint density at radius 1 is 1.17 bits per heavy atom. The molecule has 0 unspecified atom stereocenters. The van der Waals surface area contributed by atoms with E-state index in [1.165, 1.54) is 0 Å². The van der Waals surface area contributed by atoms with Crippen LogP contribution in [0.2, 0.25) is 0 Å². The van der Waals surface area contributed by atoms with Crippen molar-refractivity contribution in [2.45, 2.75) is 20.3 Å². The maximum Gasteiger partial charge on any atom is 0.310 e. The summed E-state index contributed by atoms with van der Waals surface area (Å²) in [5.74, 6) is 0.552. The lowest BCUT2D eigenvalue weighted by molar-refractivity contribution is -0.134. The lowest BCUT2D eigenvalue weighted by Gasteiger charge is -2.04. The van der Waals surface area contributed by atoms with E-state index in [0.717, 1.165) is 11.1 Å². The Bertz CT molecular complexity index is 801. The van der Waals surface area contributed by atoms with Crippen molar-refractivity contribution in [3.63, 3.8) is 0 Å². The van der Waals surface area contributed by atoms with Crippen LogP contribution < -0.4 is 9.47 Å². The second-order valence-electron chi connectivity index (χ2n) is 5.34. The normalized spacial score (nSPS) is 14.5. The monoisotopic (exact) mass is 308 g/mol. The zero-order valence-electron chi connectivity index (χ0n) is 13.0. The number of allylic oxidation sites excluding steroid dienone is 1. The number of ketones is 1. The molecule has 4 heteroatoms. The zero-order chi connectivity index (χ0) is 16.4. The molecule has 1 aliphatic heterocycles. The number of rotatable bonds is 3. The highest BCUT2D eigenvalue weighted by Crippen LogP contribution is 2.35. The average molecular weight is 308 g/mol. The van der Waals surface area contributed by atoms with Crippen molar-refractivity contribution in [3.8, 4) is 11.5 Å². The number of benzene rings is 2. The number of Topliss-reactive ketones (excluding diaryl/α,β-unsaturated/α-hetero) is 1. The van der Waals surface area contributed by atoms with Crippen LogP contribution in [0.5, 0.6) is 11.5 Å². The standard InChI is InChI=1S/C19H16O4/c1-3-18(20)22-14-8-9-15-16(11-14)23-17(19(15)21)10-13-6-4-12(2)5-7-13/h4-11H,3H2,1-2H3/b17-10-. The SMILES string of the molecule is CCC(=O)Oc1ccc2c(c1)O/C(=C\c1ccc(C)cc1)C2=O. The number of esters is 1. The molecular weight excluding hydrogens is 292 g/mol. The number of carbonyl (C=O) groups excluding carboxylic acids is 2. The van der Waals surface area contributed by atoms with Gasteiger partial charge in [0, 0.05) is 12.5 Å². The number of fused-ring (bicyclic) bond motifs is 1. The molecule has 0 amide bonds. The molecule has 1 heterocycles. The predicted octanol–water partition coefficient (Wildman–Crippen LogP) is 3.93. The van der Waals surface area contributed by atoms with Gasteiger partial charge in [-0.2, -0.15) is 0 Å². The number of carbonyl (C=O) groups is 2. The summed E-state index contributed by atoms with van der Waals surface area (Å²) >= 11 is 0. The lowest BCUT2D eigenvalue weighted by atomic mass is 10.1. The van der Waals surface area contributed by atoms with Crippen LogP contribution in [0.25, 0.3) is 6.08 Å². The van der Waals surface area contributed by atoms with Crippen molar-refractivity contribution in [1.29, 1.82) is 0 Å². The summed E-state index contributed by atoms with van der Waals surface area (Å²) in [6, 6.07) is 12.6. The van der Waals surface area contributed by atoms with E-state index in [2.05, 4.69) is 0 Å². The molecule has 116 valence electrons. The fraction of sp³-hybridized carbons (Fsp3) is 0.158. The molecule has 2 aromatic rings. The van der Waals surface area contributed by atoms with Crippen molar-refractivity contribution in [2.75, 3.05) is 0 Å². The third kappa shape index (κ3) is 3.16. The molecule has 0 saturated heterocycles. The highest BCUT2D eigenvalue weighted by Gasteiger charge is 2.27. The van der Waals surface area contributed by atoms with Gasteiger partial charge in [0.25, 0.3) is 0 Å². The van der Waals surface area contributed by atoms with Crippen LogP contribution in [0.1, 0.15) is 34.8 Å². The van der Waals surface area contributed by atoms with E-state index >= 15 is 0 Å². The molecule has 23 heavy (non-hydrogen) atoms. The fourth-order valence-corrected chi connectivity index (χ4v) is 2.25. The number of aryl methyl sites for hydroxylation is 1. The van der Waals surface area contributed by atoms with E-state index in [9.17, 15) is 9.59 Å². The zero-order valence-corrected chi connectivity index (χ0v) is 13.0. The summed E-state index contributed by atoms with van der Waals surface area (Å²) in [5, 5.41) is 0. The molecule has 0 radical (unpaired) electrons. The topological polar surface area (TPSA) is 52.6 Å². The van der Waals surface area contributed by atoms with Gasteiger partial charge in [0.2, 0.25) is 5.78 Å². The first-order valence-electron chi connectivity index (χ1n) is 7.42. The van der Waals surface area contributed by atoms with Gasteiger partial charge in [0.15, 0.2) is 5.76 Å². The maximum absolute atomic E-state index is 12.4. The molecule has 0 bridgehead atoms. The summed E-state index contributed by atoms with van der Waals surface area (Å²) < 4.78 is 10.8. The molecule has 0 aliphatic carbocycles. The van der Waals surface area contributed by atoms with Gasteiger partial charge in [-0.3, -0.25) is 9.59 Å². The third-order valence-electron chi connectivity index (χ3n) is 3.54. The molecule has 0 spiro atoms. The Kier molecular flexibility index (Phi) is 3.98.